The van der Waals surface area contributed by atoms with E-state index >= 15 is 0 Å². The van der Waals surface area contributed by atoms with Crippen LogP contribution in [0.2, 0.25) is 0 Å². The summed E-state index contributed by atoms with van der Waals surface area (Å²) in [6.45, 7) is 2.59. The zero-order valence-electron chi connectivity index (χ0n) is 16.0. The van der Waals surface area contributed by atoms with E-state index in [9.17, 15) is 13.2 Å². The Kier molecular flexibility index (Phi) is 6.20. The van der Waals surface area contributed by atoms with E-state index in [-0.39, 0.29) is 10.8 Å². The highest BCUT2D eigenvalue weighted by Gasteiger charge is 2.35. The Morgan fingerprint density at radius 3 is 2.56 bits per heavy atom. The van der Waals surface area contributed by atoms with Crippen molar-refractivity contribution in [2.75, 3.05) is 38.5 Å². The van der Waals surface area contributed by atoms with Crippen LogP contribution in [0.25, 0.3) is 0 Å². The lowest BCUT2D eigenvalue weighted by molar-refractivity contribution is -0.122. The SMILES string of the molecule is CN1CCCN(S(=O)(=O)c2cccc(NC(=O)C3(N)CCCCC3)c2)CC1. The van der Waals surface area contributed by atoms with Crippen molar-refractivity contribution in [3.63, 3.8) is 0 Å². The summed E-state index contributed by atoms with van der Waals surface area (Å²) in [6.07, 6.45) is 5.13. The van der Waals surface area contributed by atoms with Crippen LogP contribution in [-0.2, 0) is 14.8 Å². The number of amides is 1. The van der Waals surface area contributed by atoms with Gasteiger partial charge in [0.1, 0.15) is 0 Å². The number of carbonyl (C=O) groups excluding carboxylic acids is 1. The van der Waals surface area contributed by atoms with Crippen LogP contribution in [0.1, 0.15) is 38.5 Å². The van der Waals surface area contributed by atoms with Crippen molar-refractivity contribution < 1.29 is 13.2 Å². The van der Waals surface area contributed by atoms with E-state index in [0.29, 0.717) is 38.2 Å². The number of nitrogens with zero attached hydrogens (tertiary/aromatic N) is 2. The van der Waals surface area contributed by atoms with E-state index in [1.165, 1.54) is 10.4 Å². The fourth-order valence-corrected chi connectivity index (χ4v) is 5.33. The highest BCUT2D eigenvalue weighted by Crippen LogP contribution is 2.28. The summed E-state index contributed by atoms with van der Waals surface area (Å²) in [5.41, 5.74) is 5.90. The normalized spacial score (nSPS) is 22.1. The molecule has 1 aliphatic heterocycles. The molecule has 1 heterocycles. The third-order valence-corrected chi connectivity index (χ3v) is 7.50. The lowest BCUT2D eigenvalue weighted by atomic mass is 9.82. The number of hydrogen-bond donors (Lipinski definition) is 2. The second-order valence-corrected chi connectivity index (χ2v) is 9.70. The number of nitrogens with two attached hydrogens (primary N) is 1. The van der Waals surface area contributed by atoms with Gasteiger partial charge in [-0.15, -0.1) is 0 Å². The molecule has 0 atom stereocenters. The largest absolute Gasteiger partial charge is 0.324 e. The topological polar surface area (TPSA) is 95.7 Å². The maximum Gasteiger partial charge on any atom is 0.244 e. The van der Waals surface area contributed by atoms with Crippen molar-refractivity contribution in [1.29, 1.82) is 0 Å². The number of anilines is 1. The fourth-order valence-electron chi connectivity index (χ4n) is 3.81. The van der Waals surface area contributed by atoms with E-state index in [1.54, 1.807) is 18.2 Å². The zero-order valence-corrected chi connectivity index (χ0v) is 16.8. The van der Waals surface area contributed by atoms with Gasteiger partial charge in [0.2, 0.25) is 15.9 Å². The predicted octanol–water partition coefficient (Wildman–Crippen LogP) is 1.61. The molecule has 1 amide bonds. The number of carbonyl (C=O) groups is 1. The Hall–Kier alpha value is -1.48. The van der Waals surface area contributed by atoms with Crippen LogP contribution in [0.3, 0.4) is 0 Å². The molecule has 3 rings (SSSR count). The maximum atomic E-state index is 13.0. The minimum atomic E-state index is -3.58. The Bertz CT molecular complexity index is 775. The van der Waals surface area contributed by atoms with Gasteiger partial charge in [-0.25, -0.2) is 8.42 Å². The molecule has 1 saturated carbocycles. The van der Waals surface area contributed by atoms with Crippen molar-refractivity contribution in [3.05, 3.63) is 24.3 Å². The molecule has 0 unspecified atom stereocenters. The average molecular weight is 395 g/mol. The van der Waals surface area contributed by atoms with Gasteiger partial charge in [0.05, 0.1) is 10.4 Å². The summed E-state index contributed by atoms with van der Waals surface area (Å²) >= 11 is 0. The fraction of sp³-hybridized carbons (Fsp3) is 0.632. The molecule has 0 aromatic heterocycles. The molecule has 0 spiro atoms. The first kappa shape index (κ1) is 20.3. The Morgan fingerprint density at radius 1 is 1.07 bits per heavy atom. The number of benzene rings is 1. The van der Waals surface area contributed by atoms with Crippen LogP contribution in [0.15, 0.2) is 29.2 Å². The van der Waals surface area contributed by atoms with Crippen LogP contribution in [0, 0.1) is 0 Å². The molecular weight excluding hydrogens is 364 g/mol. The van der Waals surface area contributed by atoms with Crippen molar-refractivity contribution in [2.45, 2.75) is 49.0 Å². The maximum absolute atomic E-state index is 13.0. The standard InChI is InChI=1S/C19H30N4O3S/c1-22-11-6-12-23(14-13-22)27(25,26)17-8-5-7-16(15-17)21-18(24)19(20)9-3-2-4-10-19/h5,7-8,15H,2-4,6,9-14,20H2,1H3,(H,21,24). The van der Waals surface area contributed by atoms with Gasteiger partial charge in [0.25, 0.3) is 0 Å². The average Bonchev–Trinajstić information content (AvgIpc) is 2.87. The summed E-state index contributed by atoms with van der Waals surface area (Å²) in [4.78, 5) is 15.0. The van der Waals surface area contributed by atoms with Crippen molar-refractivity contribution in [3.8, 4) is 0 Å². The third kappa shape index (κ3) is 4.68. The molecule has 1 aromatic rings. The van der Waals surface area contributed by atoms with Gasteiger partial charge in [-0.05, 0) is 51.1 Å². The lowest BCUT2D eigenvalue weighted by Gasteiger charge is -2.31. The van der Waals surface area contributed by atoms with E-state index < -0.39 is 15.6 Å². The van der Waals surface area contributed by atoms with Crippen LogP contribution in [0.4, 0.5) is 5.69 Å². The number of rotatable bonds is 4. The zero-order chi connectivity index (χ0) is 19.5. The first-order chi connectivity index (χ1) is 12.8. The van der Waals surface area contributed by atoms with Crippen LogP contribution >= 0.6 is 0 Å². The van der Waals surface area contributed by atoms with Gasteiger partial charge in [0, 0.05) is 25.3 Å². The van der Waals surface area contributed by atoms with Crippen molar-refractivity contribution >= 4 is 21.6 Å². The molecule has 2 aliphatic rings. The number of sulfonamides is 1. The molecule has 27 heavy (non-hydrogen) atoms. The molecule has 1 saturated heterocycles. The molecule has 1 aliphatic carbocycles. The van der Waals surface area contributed by atoms with Crippen molar-refractivity contribution in [2.24, 2.45) is 5.73 Å². The summed E-state index contributed by atoms with van der Waals surface area (Å²) < 4.78 is 27.6. The molecule has 0 radical (unpaired) electrons. The molecule has 8 heteroatoms. The molecule has 2 fully saturated rings. The number of nitrogens with one attached hydrogen (secondary N) is 1. The van der Waals surface area contributed by atoms with Crippen LogP contribution in [-0.4, -0.2) is 62.3 Å². The summed E-state index contributed by atoms with van der Waals surface area (Å²) in [6, 6.07) is 6.49. The van der Waals surface area contributed by atoms with Gasteiger partial charge in [-0.2, -0.15) is 4.31 Å². The van der Waals surface area contributed by atoms with Gasteiger partial charge >= 0.3 is 0 Å². The molecular formula is C19H30N4O3S. The highest BCUT2D eigenvalue weighted by atomic mass is 32.2. The second-order valence-electron chi connectivity index (χ2n) is 7.76. The monoisotopic (exact) mass is 394 g/mol. The van der Waals surface area contributed by atoms with Crippen LogP contribution < -0.4 is 11.1 Å². The summed E-state index contributed by atoms with van der Waals surface area (Å²) in [7, 11) is -1.58. The number of likely N-dealkylation sites (N-methyl/N-ethyl adjacent to an activating group) is 1. The Labute approximate surface area is 161 Å². The minimum absolute atomic E-state index is 0.208. The van der Waals surface area contributed by atoms with E-state index in [1.807, 2.05) is 7.05 Å². The van der Waals surface area contributed by atoms with Gasteiger partial charge in [-0.1, -0.05) is 25.3 Å². The summed E-state index contributed by atoms with van der Waals surface area (Å²) in [5.74, 6) is -0.229. The van der Waals surface area contributed by atoms with E-state index in [0.717, 1.165) is 32.2 Å². The molecule has 150 valence electrons. The Balaban J connectivity index is 1.75. The molecule has 0 bridgehead atoms. The smallest absolute Gasteiger partial charge is 0.244 e. The van der Waals surface area contributed by atoms with E-state index in [2.05, 4.69) is 10.2 Å². The first-order valence-electron chi connectivity index (χ1n) is 9.70. The lowest BCUT2D eigenvalue weighted by Crippen LogP contribution is -2.52. The summed E-state index contributed by atoms with van der Waals surface area (Å²) in [5, 5.41) is 2.83. The van der Waals surface area contributed by atoms with Crippen LogP contribution in [0.5, 0.6) is 0 Å². The molecule has 1 aromatic carbocycles. The quantitative estimate of drug-likeness (QED) is 0.809. The number of hydrogen-bond acceptors (Lipinski definition) is 5. The van der Waals surface area contributed by atoms with Gasteiger partial charge in [-0.3, -0.25) is 4.79 Å². The predicted molar refractivity (Wildman–Crippen MR) is 106 cm³/mol. The van der Waals surface area contributed by atoms with Crippen molar-refractivity contribution in [1.82, 2.24) is 9.21 Å². The molecule has 3 N–H and O–H groups in total. The Morgan fingerprint density at radius 2 is 1.81 bits per heavy atom. The second kappa shape index (κ2) is 8.26. The highest BCUT2D eigenvalue weighted by molar-refractivity contribution is 7.89. The third-order valence-electron chi connectivity index (χ3n) is 5.61. The van der Waals surface area contributed by atoms with E-state index in [4.69, 9.17) is 5.73 Å². The van der Waals surface area contributed by atoms with Gasteiger partial charge in [0.15, 0.2) is 0 Å². The minimum Gasteiger partial charge on any atom is -0.324 e. The molecule has 7 nitrogen and oxygen atoms in total. The van der Waals surface area contributed by atoms with Gasteiger partial charge < -0.3 is 16.0 Å². The first-order valence-corrected chi connectivity index (χ1v) is 11.1.